The minimum atomic E-state index is -0.617. The van der Waals surface area contributed by atoms with Gasteiger partial charge in [-0.15, -0.1) is 0 Å². The van der Waals surface area contributed by atoms with Gasteiger partial charge in [0.2, 0.25) is 5.91 Å². The van der Waals surface area contributed by atoms with Gasteiger partial charge in [-0.05, 0) is 56.5 Å². The number of carbonyl (C=O) groups excluding carboxylic acids is 1. The molecule has 4 nitrogen and oxygen atoms in total. The van der Waals surface area contributed by atoms with E-state index in [-0.39, 0.29) is 17.6 Å². The first-order chi connectivity index (χ1) is 12.1. The minimum absolute atomic E-state index is 0.0983. The maximum Gasteiger partial charge on any atom is 0.223 e. The van der Waals surface area contributed by atoms with E-state index in [1.165, 1.54) is 31.4 Å². The molecule has 1 atom stereocenters. The number of nitrogens with one attached hydrogen (secondary N) is 1. The molecule has 0 unspecified atom stereocenters. The van der Waals surface area contributed by atoms with Crippen LogP contribution in [0, 0.1) is 11.7 Å². The third kappa shape index (κ3) is 5.25. The Morgan fingerprint density at radius 2 is 1.76 bits per heavy atom. The summed E-state index contributed by atoms with van der Waals surface area (Å²) in [6.45, 7) is 2.17. The van der Waals surface area contributed by atoms with Crippen LogP contribution in [0.5, 0.6) is 0 Å². The highest BCUT2D eigenvalue weighted by Gasteiger charge is 2.27. The number of likely N-dealkylation sites (tertiary alicyclic amines) is 1. The van der Waals surface area contributed by atoms with Gasteiger partial charge in [-0.3, -0.25) is 4.79 Å². The highest BCUT2D eigenvalue weighted by Crippen LogP contribution is 2.23. The molecule has 0 radical (unpaired) electrons. The Morgan fingerprint density at radius 1 is 1.12 bits per heavy atom. The lowest BCUT2D eigenvalue weighted by atomic mass is 9.92. The van der Waals surface area contributed by atoms with E-state index in [9.17, 15) is 14.3 Å². The van der Waals surface area contributed by atoms with Crippen LogP contribution in [0.15, 0.2) is 24.3 Å². The van der Waals surface area contributed by atoms with Gasteiger partial charge in [-0.1, -0.05) is 31.4 Å². The average Bonchev–Trinajstić information content (AvgIpc) is 2.63. The van der Waals surface area contributed by atoms with Crippen LogP contribution in [-0.2, 0) is 4.79 Å². The molecule has 2 fully saturated rings. The molecule has 1 aliphatic heterocycles. The zero-order valence-corrected chi connectivity index (χ0v) is 14.8. The van der Waals surface area contributed by atoms with Crippen molar-refractivity contribution in [1.29, 1.82) is 0 Å². The smallest absolute Gasteiger partial charge is 0.223 e. The lowest BCUT2D eigenvalue weighted by Gasteiger charge is -2.33. The molecule has 5 heteroatoms. The molecule has 1 saturated heterocycles. The fraction of sp³-hybridized carbons (Fsp3) is 0.650. The van der Waals surface area contributed by atoms with Gasteiger partial charge in [0.15, 0.2) is 0 Å². The molecular formula is C20H29FN2O2. The number of hydrogen-bond donors (Lipinski definition) is 2. The van der Waals surface area contributed by atoms with Crippen molar-refractivity contribution in [2.45, 2.75) is 57.1 Å². The monoisotopic (exact) mass is 348 g/mol. The highest BCUT2D eigenvalue weighted by molar-refractivity contribution is 5.79. The van der Waals surface area contributed by atoms with E-state index >= 15 is 0 Å². The fourth-order valence-electron chi connectivity index (χ4n) is 3.98. The van der Waals surface area contributed by atoms with Crippen LogP contribution >= 0.6 is 0 Å². The van der Waals surface area contributed by atoms with Crippen molar-refractivity contribution in [1.82, 2.24) is 10.2 Å². The number of piperidine rings is 1. The fourth-order valence-corrected chi connectivity index (χ4v) is 3.98. The summed E-state index contributed by atoms with van der Waals surface area (Å²) in [4.78, 5) is 14.6. The van der Waals surface area contributed by atoms with E-state index in [0.717, 1.165) is 44.3 Å². The summed E-state index contributed by atoms with van der Waals surface area (Å²) < 4.78 is 13.0. The van der Waals surface area contributed by atoms with E-state index in [0.29, 0.717) is 12.6 Å². The predicted octanol–water partition coefficient (Wildman–Crippen LogP) is 3.02. The van der Waals surface area contributed by atoms with Crippen LogP contribution in [0.2, 0.25) is 0 Å². The number of carbonyl (C=O) groups is 1. The number of hydrogen-bond acceptors (Lipinski definition) is 3. The summed E-state index contributed by atoms with van der Waals surface area (Å²) in [6.07, 6.45) is 7.05. The molecule has 0 aromatic heterocycles. The zero-order chi connectivity index (χ0) is 17.6. The second-order valence-corrected chi connectivity index (χ2v) is 7.49. The normalized spacial score (nSPS) is 21.8. The van der Waals surface area contributed by atoms with E-state index in [1.54, 1.807) is 12.1 Å². The Morgan fingerprint density at radius 3 is 2.40 bits per heavy atom. The van der Waals surface area contributed by atoms with E-state index in [1.807, 2.05) is 0 Å². The second-order valence-electron chi connectivity index (χ2n) is 7.49. The number of benzene rings is 1. The van der Waals surface area contributed by atoms with Crippen molar-refractivity contribution < 1.29 is 14.3 Å². The second kappa shape index (κ2) is 8.77. The molecule has 138 valence electrons. The summed E-state index contributed by atoms with van der Waals surface area (Å²) in [7, 11) is 0. The van der Waals surface area contributed by atoms with Gasteiger partial charge in [0.1, 0.15) is 5.82 Å². The number of amides is 1. The quantitative estimate of drug-likeness (QED) is 0.860. The standard InChI is InChI=1S/C20H29FN2O2/c21-17-8-6-15(7-9-17)19(24)14-23-12-10-16(11-13-23)20(25)22-18-4-2-1-3-5-18/h6-9,16,18-19,24H,1-5,10-14H2,(H,22,25)/t19-/m1/s1. The third-order valence-electron chi connectivity index (χ3n) is 5.60. The molecule has 25 heavy (non-hydrogen) atoms. The predicted molar refractivity (Wildman–Crippen MR) is 95.5 cm³/mol. The molecule has 1 aromatic rings. The van der Waals surface area contributed by atoms with Crippen LogP contribution < -0.4 is 5.32 Å². The summed E-state index contributed by atoms with van der Waals surface area (Å²) in [5.74, 6) is 0.0208. The van der Waals surface area contributed by atoms with E-state index in [2.05, 4.69) is 10.2 Å². The minimum Gasteiger partial charge on any atom is -0.387 e. The topological polar surface area (TPSA) is 52.6 Å². The van der Waals surface area contributed by atoms with Crippen molar-refractivity contribution >= 4 is 5.91 Å². The molecule has 2 aliphatic rings. The molecule has 0 spiro atoms. The van der Waals surface area contributed by atoms with Gasteiger partial charge in [0, 0.05) is 18.5 Å². The first-order valence-corrected chi connectivity index (χ1v) is 9.58. The molecule has 3 rings (SSSR count). The SMILES string of the molecule is O=C(NC1CCCCC1)C1CCN(C[C@@H](O)c2ccc(F)cc2)CC1. The van der Waals surface area contributed by atoms with E-state index < -0.39 is 6.10 Å². The molecule has 1 heterocycles. The Kier molecular flexibility index (Phi) is 6.43. The number of aliphatic hydroxyl groups excluding tert-OH is 1. The van der Waals surface area contributed by atoms with Crippen LogP contribution in [0.3, 0.4) is 0 Å². The largest absolute Gasteiger partial charge is 0.387 e. The maximum atomic E-state index is 13.0. The molecular weight excluding hydrogens is 319 g/mol. The van der Waals surface area contributed by atoms with Crippen LogP contribution in [0.25, 0.3) is 0 Å². The van der Waals surface area contributed by atoms with Crippen LogP contribution in [-0.4, -0.2) is 41.6 Å². The van der Waals surface area contributed by atoms with Crippen molar-refractivity contribution in [2.75, 3.05) is 19.6 Å². The number of nitrogens with zero attached hydrogens (tertiary/aromatic N) is 1. The van der Waals surface area contributed by atoms with Gasteiger partial charge in [0.05, 0.1) is 6.10 Å². The highest BCUT2D eigenvalue weighted by atomic mass is 19.1. The number of halogens is 1. The average molecular weight is 348 g/mol. The van der Waals surface area contributed by atoms with Crippen molar-refractivity contribution in [2.24, 2.45) is 5.92 Å². The Bertz CT molecular complexity index is 549. The first kappa shape index (κ1) is 18.3. The molecule has 1 aromatic carbocycles. The third-order valence-corrected chi connectivity index (χ3v) is 5.60. The summed E-state index contributed by atoms with van der Waals surface area (Å²) in [6, 6.07) is 6.38. The molecule has 1 saturated carbocycles. The summed E-state index contributed by atoms with van der Waals surface area (Å²) in [5.41, 5.74) is 0.735. The van der Waals surface area contributed by atoms with Gasteiger partial charge < -0.3 is 15.3 Å². The van der Waals surface area contributed by atoms with Gasteiger partial charge in [0.25, 0.3) is 0 Å². The maximum absolute atomic E-state index is 13.0. The Balaban J connectivity index is 1.41. The van der Waals surface area contributed by atoms with Crippen LogP contribution in [0.1, 0.15) is 56.6 Å². The Labute approximate surface area is 149 Å². The molecule has 1 amide bonds. The lowest BCUT2D eigenvalue weighted by Crippen LogP contribution is -2.45. The number of β-amino-alcohol motifs (C(OH)–C–C–N with tert-alkyl or cyclic N) is 1. The van der Waals surface area contributed by atoms with Crippen LogP contribution in [0.4, 0.5) is 4.39 Å². The molecule has 2 N–H and O–H groups in total. The van der Waals surface area contributed by atoms with Crippen molar-refractivity contribution in [3.05, 3.63) is 35.6 Å². The molecule has 1 aliphatic carbocycles. The van der Waals surface area contributed by atoms with Gasteiger partial charge >= 0.3 is 0 Å². The van der Waals surface area contributed by atoms with E-state index in [4.69, 9.17) is 0 Å². The lowest BCUT2D eigenvalue weighted by molar-refractivity contribution is -0.127. The number of rotatable bonds is 5. The van der Waals surface area contributed by atoms with Gasteiger partial charge in [-0.25, -0.2) is 4.39 Å². The summed E-state index contributed by atoms with van der Waals surface area (Å²) >= 11 is 0. The van der Waals surface area contributed by atoms with Gasteiger partial charge in [-0.2, -0.15) is 0 Å². The van der Waals surface area contributed by atoms with Crippen molar-refractivity contribution in [3.63, 3.8) is 0 Å². The number of aliphatic hydroxyl groups is 1. The Hall–Kier alpha value is -1.46. The first-order valence-electron chi connectivity index (χ1n) is 9.58. The molecule has 0 bridgehead atoms. The summed E-state index contributed by atoms with van der Waals surface area (Å²) in [5, 5.41) is 13.5. The zero-order valence-electron chi connectivity index (χ0n) is 14.8. The van der Waals surface area contributed by atoms with Crippen molar-refractivity contribution in [3.8, 4) is 0 Å².